The molecule has 10 aromatic rings. The molecular weight excluding hydrogens is 799 g/mol. The van der Waals surface area contributed by atoms with Crippen LogP contribution in [0.25, 0.3) is 101 Å². The molecule has 1 heterocycles. The fraction of sp³-hybridized carbons (Fsp3) is 0.0952. The molecule has 0 amide bonds. The van der Waals surface area contributed by atoms with Gasteiger partial charge in [0, 0.05) is 27.5 Å². The molecule has 0 atom stereocenters. The molecule has 1 aromatic heterocycles. The Labute approximate surface area is 387 Å². The molecule has 0 saturated carbocycles. The maximum Gasteiger partial charge on any atom is 0.164 e. The van der Waals surface area contributed by atoms with E-state index >= 15 is 0 Å². The molecular formula is C63H47N3. The van der Waals surface area contributed by atoms with Crippen molar-refractivity contribution in [3.63, 3.8) is 0 Å². The second kappa shape index (κ2) is 15.3. The van der Waals surface area contributed by atoms with E-state index in [1.807, 2.05) is 0 Å². The van der Waals surface area contributed by atoms with E-state index in [1.165, 1.54) is 66.8 Å². The average Bonchev–Trinajstić information content (AvgIpc) is 3.76. The van der Waals surface area contributed by atoms with Crippen LogP contribution in [0.1, 0.15) is 49.9 Å². The monoisotopic (exact) mass is 845 g/mol. The smallest absolute Gasteiger partial charge is 0.164 e. The quantitative estimate of drug-likeness (QED) is 0.160. The van der Waals surface area contributed by atoms with Gasteiger partial charge in [-0.05, 0) is 107 Å². The Bertz CT molecular complexity index is 3270. The van der Waals surface area contributed by atoms with Gasteiger partial charge in [-0.2, -0.15) is 0 Å². The van der Waals surface area contributed by atoms with Crippen LogP contribution in [0.5, 0.6) is 0 Å². The van der Waals surface area contributed by atoms with E-state index in [1.54, 1.807) is 0 Å². The van der Waals surface area contributed by atoms with E-state index in [9.17, 15) is 0 Å². The van der Waals surface area contributed by atoms with Crippen LogP contribution in [0.4, 0.5) is 0 Å². The van der Waals surface area contributed by atoms with Crippen LogP contribution >= 0.6 is 0 Å². The number of rotatable bonds is 7. The first kappa shape index (κ1) is 39.6. The van der Waals surface area contributed by atoms with Crippen molar-refractivity contribution in [1.82, 2.24) is 15.0 Å². The molecule has 0 saturated heterocycles. The summed E-state index contributed by atoms with van der Waals surface area (Å²) in [4.78, 5) is 16.0. The minimum atomic E-state index is -0.207. The normalized spacial score (nSPS) is 13.7. The van der Waals surface area contributed by atoms with Crippen molar-refractivity contribution >= 4 is 0 Å². The molecule has 12 rings (SSSR count). The lowest BCUT2D eigenvalue weighted by atomic mass is 9.77. The van der Waals surface area contributed by atoms with Crippen LogP contribution in [0.3, 0.4) is 0 Å². The summed E-state index contributed by atoms with van der Waals surface area (Å²) >= 11 is 0. The van der Waals surface area contributed by atoms with Crippen LogP contribution in [0, 0.1) is 0 Å². The van der Waals surface area contributed by atoms with Crippen LogP contribution in [-0.2, 0) is 10.8 Å². The third-order valence-electron chi connectivity index (χ3n) is 14.1. The second-order valence-electron chi connectivity index (χ2n) is 18.8. The molecule has 3 nitrogen and oxygen atoms in total. The van der Waals surface area contributed by atoms with Gasteiger partial charge >= 0.3 is 0 Å². The molecule has 0 spiro atoms. The molecule has 0 unspecified atom stereocenters. The summed E-state index contributed by atoms with van der Waals surface area (Å²) in [6, 6.07) is 76.5. The molecule has 2 aliphatic rings. The third-order valence-corrected chi connectivity index (χ3v) is 14.1. The molecule has 2 aliphatic carbocycles. The maximum absolute atomic E-state index is 5.38. The minimum Gasteiger partial charge on any atom is -0.208 e. The highest BCUT2D eigenvalue weighted by Gasteiger charge is 2.39. The van der Waals surface area contributed by atoms with Crippen LogP contribution in [-0.4, -0.2) is 15.0 Å². The van der Waals surface area contributed by atoms with Crippen molar-refractivity contribution in [3.05, 3.63) is 235 Å². The number of nitrogens with zero attached hydrogens (tertiary/aromatic N) is 3. The number of hydrogen-bond donors (Lipinski definition) is 0. The summed E-state index contributed by atoms with van der Waals surface area (Å²) in [6.45, 7) is 9.47. The van der Waals surface area contributed by atoms with E-state index in [0.717, 1.165) is 38.9 Å². The SMILES string of the molecule is CC1(C)c2ccccc2-c2cccc(-c3cc(-c4nc(-c5ccc(-c6ccccc6)cc5)nc(-c5ccc(-c6ccccc6)cc5)n4)cc(-c4cccc5c4C(C)(C)c4ccccc4-5)c3)c21. The number of benzene rings is 9. The molecule has 0 N–H and O–H groups in total. The van der Waals surface area contributed by atoms with E-state index < -0.39 is 0 Å². The first-order valence-corrected chi connectivity index (χ1v) is 22.9. The highest BCUT2D eigenvalue weighted by atomic mass is 15.0. The summed E-state index contributed by atoms with van der Waals surface area (Å²) in [5.74, 6) is 1.88. The summed E-state index contributed by atoms with van der Waals surface area (Å²) in [5.41, 5.74) is 22.3. The van der Waals surface area contributed by atoms with Gasteiger partial charge in [0.15, 0.2) is 17.5 Å². The summed E-state index contributed by atoms with van der Waals surface area (Å²) in [7, 11) is 0. The zero-order valence-electron chi connectivity index (χ0n) is 37.5. The fourth-order valence-electron chi connectivity index (χ4n) is 10.9. The van der Waals surface area contributed by atoms with Crippen molar-refractivity contribution < 1.29 is 0 Å². The lowest BCUT2D eigenvalue weighted by Gasteiger charge is -2.26. The van der Waals surface area contributed by atoms with Gasteiger partial charge in [0.25, 0.3) is 0 Å². The highest BCUT2D eigenvalue weighted by Crippen LogP contribution is 2.55. The molecule has 0 radical (unpaired) electrons. The fourth-order valence-corrected chi connectivity index (χ4v) is 10.9. The van der Waals surface area contributed by atoms with Crippen molar-refractivity contribution in [2.75, 3.05) is 0 Å². The van der Waals surface area contributed by atoms with E-state index in [2.05, 4.69) is 240 Å². The Morgan fingerprint density at radius 3 is 0.970 bits per heavy atom. The van der Waals surface area contributed by atoms with Crippen molar-refractivity contribution in [1.29, 1.82) is 0 Å². The summed E-state index contributed by atoms with van der Waals surface area (Å²) in [6.07, 6.45) is 0. The molecule has 0 bridgehead atoms. The zero-order chi connectivity index (χ0) is 44.6. The van der Waals surface area contributed by atoms with Gasteiger partial charge in [-0.15, -0.1) is 0 Å². The number of hydrogen-bond acceptors (Lipinski definition) is 3. The second-order valence-corrected chi connectivity index (χ2v) is 18.8. The lowest BCUT2D eigenvalue weighted by molar-refractivity contribution is 0.662. The van der Waals surface area contributed by atoms with Crippen molar-refractivity contribution in [3.8, 4) is 101 Å². The third kappa shape index (κ3) is 6.45. The van der Waals surface area contributed by atoms with Crippen molar-refractivity contribution in [2.45, 2.75) is 38.5 Å². The van der Waals surface area contributed by atoms with E-state index in [-0.39, 0.29) is 10.8 Å². The molecule has 66 heavy (non-hydrogen) atoms. The molecule has 314 valence electrons. The zero-order valence-corrected chi connectivity index (χ0v) is 37.5. The Morgan fingerprint density at radius 1 is 0.242 bits per heavy atom. The van der Waals surface area contributed by atoms with Crippen molar-refractivity contribution in [2.24, 2.45) is 0 Å². The minimum absolute atomic E-state index is 0.207. The number of aromatic nitrogens is 3. The van der Waals surface area contributed by atoms with Gasteiger partial charge in [-0.1, -0.05) is 222 Å². The van der Waals surface area contributed by atoms with Gasteiger partial charge in [-0.3, -0.25) is 0 Å². The van der Waals surface area contributed by atoms with Gasteiger partial charge in [0.05, 0.1) is 0 Å². The predicted octanol–water partition coefficient (Wildman–Crippen LogP) is 16.2. The van der Waals surface area contributed by atoms with Gasteiger partial charge in [0.2, 0.25) is 0 Å². The van der Waals surface area contributed by atoms with Gasteiger partial charge in [0.1, 0.15) is 0 Å². The average molecular weight is 846 g/mol. The number of fused-ring (bicyclic) bond motifs is 6. The maximum atomic E-state index is 5.38. The van der Waals surface area contributed by atoms with Crippen LogP contribution in [0.15, 0.2) is 212 Å². The topological polar surface area (TPSA) is 38.7 Å². The summed E-state index contributed by atoms with van der Waals surface area (Å²) < 4.78 is 0. The Morgan fingerprint density at radius 2 is 0.545 bits per heavy atom. The molecule has 0 aliphatic heterocycles. The largest absolute Gasteiger partial charge is 0.208 e. The Kier molecular flexibility index (Phi) is 9.19. The molecule has 3 heteroatoms. The molecule has 9 aromatic carbocycles. The predicted molar refractivity (Wildman–Crippen MR) is 273 cm³/mol. The van der Waals surface area contributed by atoms with Gasteiger partial charge in [-0.25, -0.2) is 15.0 Å². The van der Waals surface area contributed by atoms with E-state index in [0.29, 0.717) is 17.5 Å². The van der Waals surface area contributed by atoms with E-state index in [4.69, 9.17) is 15.0 Å². The highest BCUT2D eigenvalue weighted by molar-refractivity contribution is 5.93. The Balaban J connectivity index is 1.08. The molecule has 0 fully saturated rings. The first-order chi connectivity index (χ1) is 32.2. The van der Waals surface area contributed by atoms with Crippen LogP contribution in [0.2, 0.25) is 0 Å². The Hall–Kier alpha value is -8.01. The van der Waals surface area contributed by atoms with Crippen LogP contribution < -0.4 is 0 Å². The standard InChI is InChI=1S/C63H47N3/c1-62(2)55-27-13-11-21-51(55)53-25-15-23-49(57(53)62)46-37-47(50-24-16-26-54-52-22-12-14-28-56(52)63(3,4)58(50)54)39-48(38-46)61-65-59(44-33-29-42(30-34-44)40-17-7-5-8-18-40)64-60(66-61)45-35-31-43(32-36-45)41-19-9-6-10-20-41/h5-39H,1-4H3. The summed E-state index contributed by atoms with van der Waals surface area (Å²) in [5, 5.41) is 0. The van der Waals surface area contributed by atoms with Gasteiger partial charge < -0.3 is 0 Å². The first-order valence-electron chi connectivity index (χ1n) is 22.9. The lowest BCUT2D eigenvalue weighted by Crippen LogP contribution is -2.16.